The maximum atomic E-state index is 12.9. The van der Waals surface area contributed by atoms with Crippen molar-refractivity contribution in [3.8, 4) is 11.8 Å². The van der Waals surface area contributed by atoms with Gasteiger partial charge in [0.2, 0.25) is 0 Å². The van der Waals surface area contributed by atoms with Crippen LogP contribution < -0.4 is 5.73 Å². The molecule has 0 fully saturated rings. The van der Waals surface area contributed by atoms with Crippen LogP contribution in [0.4, 0.5) is 13.2 Å². The third-order valence-electron chi connectivity index (χ3n) is 1.49. The Morgan fingerprint density at radius 1 is 1.14 bits per heavy atom. The highest BCUT2D eigenvalue weighted by Gasteiger charge is 2.08. The Kier molecular flexibility index (Phi) is 3.55. The quantitative estimate of drug-likeness (QED) is 0.686. The predicted octanol–water partition coefficient (Wildman–Crippen LogP) is 1.80. The molecule has 0 radical (unpaired) electrons. The van der Waals surface area contributed by atoms with E-state index in [4.69, 9.17) is 5.73 Å². The minimum atomic E-state index is -0.993. The molecule has 1 rings (SSSR count). The first kappa shape index (κ1) is 10.6. The summed E-state index contributed by atoms with van der Waals surface area (Å²) in [6.45, 7) is 0.317. The van der Waals surface area contributed by atoms with Gasteiger partial charge >= 0.3 is 0 Å². The Hall–Kier alpha value is -1.47. The molecule has 0 aliphatic carbocycles. The summed E-state index contributed by atoms with van der Waals surface area (Å²) in [7, 11) is 0. The zero-order valence-electron chi connectivity index (χ0n) is 7.28. The van der Waals surface area contributed by atoms with Crippen LogP contribution in [0.2, 0.25) is 0 Å². The molecule has 74 valence electrons. The third kappa shape index (κ3) is 2.51. The Bertz CT molecular complexity index is 367. The number of hydrogen-bond acceptors (Lipinski definition) is 1. The van der Waals surface area contributed by atoms with E-state index in [0.29, 0.717) is 25.1 Å². The van der Waals surface area contributed by atoms with E-state index in [0.717, 1.165) is 0 Å². The molecule has 0 aliphatic heterocycles. The molecule has 0 saturated carbocycles. The van der Waals surface area contributed by atoms with Crippen LogP contribution in [0.15, 0.2) is 12.1 Å². The van der Waals surface area contributed by atoms with E-state index in [1.54, 1.807) is 0 Å². The number of rotatable bonds is 1. The first-order chi connectivity index (χ1) is 6.65. The number of benzene rings is 1. The molecule has 0 amide bonds. The summed E-state index contributed by atoms with van der Waals surface area (Å²) in [5.41, 5.74) is 4.73. The highest BCUT2D eigenvalue weighted by molar-refractivity contribution is 5.37. The van der Waals surface area contributed by atoms with Gasteiger partial charge in [0.15, 0.2) is 0 Å². The molecular weight excluding hydrogens is 191 g/mol. The summed E-state index contributed by atoms with van der Waals surface area (Å²) in [5.74, 6) is 1.80. The Labute approximate surface area is 79.7 Å². The van der Waals surface area contributed by atoms with Crippen molar-refractivity contribution in [1.29, 1.82) is 0 Å². The zero-order valence-corrected chi connectivity index (χ0v) is 7.28. The second-order valence-corrected chi connectivity index (χ2v) is 2.58. The van der Waals surface area contributed by atoms with Crippen molar-refractivity contribution < 1.29 is 13.2 Å². The van der Waals surface area contributed by atoms with Crippen LogP contribution in [0.5, 0.6) is 0 Å². The van der Waals surface area contributed by atoms with Gasteiger partial charge in [-0.25, -0.2) is 13.2 Å². The molecule has 1 nitrogen and oxygen atoms in total. The second-order valence-electron chi connectivity index (χ2n) is 2.58. The topological polar surface area (TPSA) is 26.0 Å². The van der Waals surface area contributed by atoms with Crippen LogP contribution in [0, 0.1) is 29.3 Å². The molecule has 1 aromatic rings. The normalized spacial score (nSPS) is 9.43. The number of hydrogen-bond donors (Lipinski definition) is 1. The minimum Gasteiger partial charge on any atom is -0.330 e. The average molecular weight is 199 g/mol. The molecule has 0 atom stereocenters. The molecule has 0 aliphatic rings. The molecule has 2 N–H and O–H groups in total. The summed E-state index contributed by atoms with van der Waals surface area (Å²) in [4.78, 5) is 0. The lowest BCUT2D eigenvalue weighted by Crippen LogP contribution is -1.96. The van der Waals surface area contributed by atoms with Gasteiger partial charge in [-0.15, -0.1) is 0 Å². The van der Waals surface area contributed by atoms with Gasteiger partial charge in [-0.1, -0.05) is 11.8 Å². The molecule has 0 heterocycles. The molecule has 1 aromatic carbocycles. The average Bonchev–Trinajstić information content (AvgIpc) is 2.09. The van der Waals surface area contributed by atoms with Crippen molar-refractivity contribution in [1.82, 2.24) is 0 Å². The van der Waals surface area contributed by atoms with Crippen LogP contribution in [0.25, 0.3) is 0 Å². The molecular formula is C10H8F3N. The van der Waals surface area contributed by atoms with E-state index in [9.17, 15) is 13.2 Å². The van der Waals surface area contributed by atoms with Crippen LogP contribution in [-0.2, 0) is 0 Å². The Morgan fingerprint density at radius 3 is 2.21 bits per heavy atom. The zero-order chi connectivity index (χ0) is 10.6. The van der Waals surface area contributed by atoms with Crippen molar-refractivity contribution in [2.24, 2.45) is 5.73 Å². The van der Waals surface area contributed by atoms with Crippen molar-refractivity contribution >= 4 is 0 Å². The van der Waals surface area contributed by atoms with Crippen LogP contribution in [0.1, 0.15) is 12.0 Å². The SMILES string of the molecule is NCCC#Cc1c(F)cc(F)cc1F. The van der Waals surface area contributed by atoms with E-state index in [1.807, 2.05) is 0 Å². The summed E-state index contributed by atoms with van der Waals surface area (Å²) in [5, 5.41) is 0. The van der Waals surface area contributed by atoms with E-state index >= 15 is 0 Å². The molecule has 0 saturated heterocycles. The monoisotopic (exact) mass is 199 g/mol. The van der Waals surface area contributed by atoms with Crippen molar-refractivity contribution in [2.45, 2.75) is 6.42 Å². The van der Waals surface area contributed by atoms with Gasteiger partial charge in [-0.05, 0) is 0 Å². The summed E-state index contributed by atoms with van der Waals surface area (Å²) in [6.07, 6.45) is 0.344. The molecule has 0 aromatic heterocycles. The van der Waals surface area contributed by atoms with Crippen molar-refractivity contribution in [3.05, 3.63) is 35.1 Å². The van der Waals surface area contributed by atoms with Crippen LogP contribution in [0.3, 0.4) is 0 Å². The smallest absolute Gasteiger partial charge is 0.144 e. The fraction of sp³-hybridized carbons (Fsp3) is 0.200. The maximum absolute atomic E-state index is 12.9. The van der Waals surface area contributed by atoms with Crippen LogP contribution in [-0.4, -0.2) is 6.54 Å². The molecule has 0 spiro atoms. The first-order valence-electron chi connectivity index (χ1n) is 3.98. The lowest BCUT2D eigenvalue weighted by Gasteiger charge is -1.96. The predicted molar refractivity (Wildman–Crippen MR) is 46.9 cm³/mol. The lowest BCUT2D eigenvalue weighted by atomic mass is 10.2. The fourth-order valence-electron chi connectivity index (χ4n) is 0.885. The number of nitrogens with two attached hydrogens (primary N) is 1. The van der Waals surface area contributed by atoms with Gasteiger partial charge in [0, 0.05) is 25.1 Å². The van der Waals surface area contributed by atoms with E-state index in [2.05, 4.69) is 11.8 Å². The van der Waals surface area contributed by atoms with Gasteiger partial charge in [0.1, 0.15) is 17.5 Å². The summed E-state index contributed by atoms with van der Waals surface area (Å²) < 4.78 is 38.3. The Balaban J connectivity index is 3.04. The Morgan fingerprint density at radius 2 is 1.71 bits per heavy atom. The maximum Gasteiger partial charge on any atom is 0.144 e. The first-order valence-corrected chi connectivity index (χ1v) is 3.98. The number of halogens is 3. The molecule has 14 heavy (non-hydrogen) atoms. The van der Waals surface area contributed by atoms with Gasteiger partial charge in [-0.3, -0.25) is 0 Å². The highest BCUT2D eigenvalue weighted by Crippen LogP contribution is 2.13. The fourth-order valence-corrected chi connectivity index (χ4v) is 0.885. The second kappa shape index (κ2) is 4.68. The van der Waals surface area contributed by atoms with Crippen molar-refractivity contribution in [3.63, 3.8) is 0 Å². The molecule has 0 bridgehead atoms. The summed E-state index contributed by atoms with van der Waals surface area (Å²) >= 11 is 0. The highest BCUT2D eigenvalue weighted by atomic mass is 19.1. The van der Waals surface area contributed by atoms with Gasteiger partial charge in [-0.2, -0.15) is 0 Å². The van der Waals surface area contributed by atoms with Crippen LogP contribution >= 0.6 is 0 Å². The molecule has 0 unspecified atom stereocenters. The summed E-state index contributed by atoms with van der Waals surface area (Å²) in [6, 6.07) is 1.19. The van der Waals surface area contributed by atoms with Gasteiger partial charge in [0.25, 0.3) is 0 Å². The van der Waals surface area contributed by atoms with Gasteiger partial charge in [0.05, 0.1) is 5.56 Å². The van der Waals surface area contributed by atoms with E-state index in [-0.39, 0.29) is 0 Å². The lowest BCUT2D eigenvalue weighted by molar-refractivity contribution is 0.539. The standard InChI is InChI=1S/C10H8F3N/c11-7-5-9(12)8(10(13)6-7)3-1-2-4-14/h5-6H,2,4,14H2. The van der Waals surface area contributed by atoms with E-state index < -0.39 is 23.0 Å². The van der Waals surface area contributed by atoms with E-state index in [1.165, 1.54) is 0 Å². The van der Waals surface area contributed by atoms with Crippen molar-refractivity contribution in [2.75, 3.05) is 6.54 Å². The minimum absolute atomic E-state index is 0.317. The largest absolute Gasteiger partial charge is 0.330 e. The van der Waals surface area contributed by atoms with Gasteiger partial charge < -0.3 is 5.73 Å². The third-order valence-corrected chi connectivity index (χ3v) is 1.49. The molecule has 4 heteroatoms.